The summed E-state index contributed by atoms with van der Waals surface area (Å²) < 4.78 is 28.8. The lowest BCUT2D eigenvalue weighted by molar-refractivity contribution is 0.0471. The summed E-state index contributed by atoms with van der Waals surface area (Å²) in [6.07, 6.45) is 1.08. The molecule has 0 unspecified atom stereocenters. The summed E-state index contributed by atoms with van der Waals surface area (Å²) in [5.74, 6) is -0.649. The van der Waals surface area contributed by atoms with Crippen molar-refractivity contribution >= 4 is 27.4 Å². The number of aryl methyl sites for hydroxylation is 2. The van der Waals surface area contributed by atoms with Crippen LogP contribution in [0.25, 0.3) is 0 Å². The Morgan fingerprint density at radius 3 is 2.11 bits per heavy atom. The number of halogens is 1. The predicted molar refractivity (Wildman–Crippen MR) is 108 cm³/mol. The van der Waals surface area contributed by atoms with Crippen LogP contribution < -0.4 is 0 Å². The Labute approximate surface area is 166 Å². The lowest BCUT2D eigenvalue weighted by Gasteiger charge is -2.22. The highest BCUT2D eigenvalue weighted by atomic mass is 35.5. The van der Waals surface area contributed by atoms with E-state index in [-0.39, 0.29) is 27.5 Å². The third-order valence-electron chi connectivity index (χ3n) is 4.50. The van der Waals surface area contributed by atoms with Gasteiger partial charge in [-0.2, -0.15) is 0 Å². The molecule has 4 nitrogen and oxygen atoms in total. The summed E-state index contributed by atoms with van der Waals surface area (Å²) in [6.45, 7) is 10.5. The zero-order valence-corrected chi connectivity index (χ0v) is 18.1. The minimum absolute atomic E-state index is 0.0285. The Hall–Kier alpha value is -1.85. The number of carbonyl (C=O) groups is 1. The Bertz CT molecular complexity index is 963. The molecule has 0 bridgehead atoms. The normalized spacial score (nSPS) is 12.1. The zero-order chi connectivity index (χ0) is 20.6. The standard InChI is InChI=1S/C21H25ClO4S/c1-13-9-15(21(3,4)5)10-14(2)18(13)12-26-20(23)17-11-16(27(6,24)25)7-8-19(17)22/h7-11H,12H2,1-6H3. The molecular formula is C21H25ClO4S. The summed E-state index contributed by atoms with van der Waals surface area (Å²) in [5, 5.41) is 0.156. The molecule has 0 amide bonds. The van der Waals surface area contributed by atoms with Crippen molar-refractivity contribution in [1.82, 2.24) is 0 Å². The van der Waals surface area contributed by atoms with E-state index in [0.29, 0.717) is 0 Å². The third-order valence-corrected chi connectivity index (χ3v) is 5.94. The topological polar surface area (TPSA) is 60.4 Å². The van der Waals surface area contributed by atoms with E-state index in [1.54, 1.807) is 0 Å². The van der Waals surface area contributed by atoms with E-state index in [2.05, 4.69) is 32.9 Å². The second kappa shape index (κ2) is 7.64. The molecule has 0 aliphatic rings. The van der Waals surface area contributed by atoms with Gasteiger partial charge < -0.3 is 4.74 Å². The lowest BCUT2D eigenvalue weighted by atomic mass is 9.84. The summed E-state index contributed by atoms with van der Waals surface area (Å²) in [6, 6.07) is 8.22. The summed E-state index contributed by atoms with van der Waals surface area (Å²) in [4.78, 5) is 12.5. The van der Waals surface area contributed by atoms with Crippen LogP contribution in [0.15, 0.2) is 35.2 Å². The monoisotopic (exact) mass is 408 g/mol. The quantitative estimate of drug-likeness (QED) is 0.667. The van der Waals surface area contributed by atoms with Crippen molar-refractivity contribution in [3.63, 3.8) is 0 Å². The van der Waals surface area contributed by atoms with Crippen LogP contribution in [-0.4, -0.2) is 20.6 Å². The van der Waals surface area contributed by atoms with Crippen LogP contribution in [0.1, 0.15) is 53.4 Å². The average molecular weight is 409 g/mol. The molecule has 146 valence electrons. The molecule has 0 aliphatic carbocycles. The number of benzene rings is 2. The van der Waals surface area contributed by atoms with Gasteiger partial charge in [-0.15, -0.1) is 0 Å². The largest absolute Gasteiger partial charge is 0.457 e. The zero-order valence-electron chi connectivity index (χ0n) is 16.5. The SMILES string of the molecule is Cc1cc(C(C)(C)C)cc(C)c1COC(=O)c1cc(S(C)(=O)=O)ccc1Cl. The molecule has 0 N–H and O–H groups in total. The van der Waals surface area contributed by atoms with E-state index in [4.69, 9.17) is 16.3 Å². The van der Waals surface area contributed by atoms with Gasteiger partial charge in [0, 0.05) is 6.26 Å². The second-order valence-corrected chi connectivity index (χ2v) is 10.3. The van der Waals surface area contributed by atoms with Crippen molar-refractivity contribution in [1.29, 1.82) is 0 Å². The van der Waals surface area contributed by atoms with Gasteiger partial charge in [0.05, 0.1) is 15.5 Å². The number of hydrogen-bond acceptors (Lipinski definition) is 4. The Balaban J connectivity index is 2.27. The molecule has 2 aromatic carbocycles. The van der Waals surface area contributed by atoms with Crippen molar-refractivity contribution in [2.24, 2.45) is 0 Å². The molecule has 2 rings (SSSR count). The molecule has 0 atom stereocenters. The predicted octanol–water partition coefficient (Wildman–Crippen LogP) is 5.01. The van der Waals surface area contributed by atoms with Gasteiger partial charge in [-0.1, -0.05) is 44.5 Å². The minimum atomic E-state index is -3.44. The fourth-order valence-corrected chi connectivity index (χ4v) is 3.60. The first-order chi connectivity index (χ1) is 12.3. The van der Waals surface area contributed by atoms with Crippen LogP contribution in [0, 0.1) is 13.8 Å². The molecule has 0 fully saturated rings. The van der Waals surface area contributed by atoms with E-state index in [1.165, 1.54) is 23.8 Å². The molecule has 0 radical (unpaired) electrons. The molecule has 6 heteroatoms. The summed E-state index contributed by atoms with van der Waals surface area (Å²) >= 11 is 6.06. The molecule has 0 saturated heterocycles. The van der Waals surface area contributed by atoms with Crippen molar-refractivity contribution in [3.8, 4) is 0 Å². The maximum Gasteiger partial charge on any atom is 0.340 e. The molecule has 0 aliphatic heterocycles. The number of ether oxygens (including phenoxy) is 1. The first-order valence-electron chi connectivity index (χ1n) is 8.58. The second-order valence-electron chi connectivity index (χ2n) is 7.83. The number of sulfone groups is 1. The summed E-state index contributed by atoms with van der Waals surface area (Å²) in [5.41, 5.74) is 4.32. The molecule has 0 aromatic heterocycles. The maximum absolute atomic E-state index is 12.5. The fraction of sp³-hybridized carbons (Fsp3) is 0.381. The molecular weight excluding hydrogens is 384 g/mol. The Morgan fingerprint density at radius 1 is 1.07 bits per heavy atom. The van der Waals surface area contributed by atoms with Crippen molar-refractivity contribution < 1.29 is 17.9 Å². The van der Waals surface area contributed by atoms with Gasteiger partial charge in [0.1, 0.15) is 6.61 Å². The van der Waals surface area contributed by atoms with Crippen LogP contribution in [0.5, 0.6) is 0 Å². The van der Waals surface area contributed by atoms with E-state index in [0.717, 1.165) is 22.9 Å². The first kappa shape index (κ1) is 21.5. The average Bonchev–Trinajstić information content (AvgIpc) is 2.52. The van der Waals surface area contributed by atoms with Gasteiger partial charge in [-0.05, 0) is 59.7 Å². The van der Waals surface area contributed by atoms with Gasteiger partial charge in [-0.3, -0.25) is 0 Å². The van der Waals surface area contributed by atoms with Crippen LogP contribution in [0.4, 0.5) is 0 Å². The van der Waals surface area contributed by atoms with Crippen LogP contribution in [-0.2, 0) is 26.6 Å². The van der Waals surface area contributed by atoms with Gasteiger partial charge in [0.25, 0.3) is 0 Å². The number of carbonyl (C=O) groups excluding carboxylic acids is 1. The molecule has 0 spiro atoms. The highest BCUT2D eigenvalue weighted by molar-refractivity contribution is 7.90. The van der Waals surface area contributed by atoms with Gasteiger partial charge in [-0.25, -0.2) is 13.2 Å². The smallest absolute Gasteiger partial charge is 0.340 e. The van der Waals surface area contributed by atoms with Crippen molar-refractivity contribution in [2.45, 2.75) is 51.5 Å². The molecule has 0 saturated carbocycles. The third kappa shape index (κ3) is 5.11. The highest BCUT2D eigenvalue weighted by Crippen LogP contribution is 2.28. The molecule has 27 heavy (non-hydrogen) atoms. The van der Waals surface area contributed by atoms with Crippen molar-refractivity contribution in [3.05, 3.63) is 63.2 Å². The molecule has 0 heterocycles. The van der Waals surface area contributed by atoms with Crippen molar-refractivity contribution in [2.75, 3.05) is 6.26 Å². The van der Waals surface area contributed by atoms with E-state index in [1.807, 2.05) is 13.8 Å². The van der Waals surface area contributed by atoms with E-state index in [9.17, 15) is 13.2 Å². The number of hydrogen-bond donors (Lipinski definition) is 0. The van der Waals surface area contributed by atoms with Crippen LogP contribution >= 0.6 is 11.6 Å². The molecule has 2 aromatic rings. The fourth-order valence-electron chi connectivity index (χ4n) is 2.76. The van der Waals surface area contributed by atoms with Gasteiger partial charge in [0.15, 0.2) is 9.84 Å². The van der Waals surface area contributed by atoms with E-state index >= 15 is 0 Å². The first-order valence-corrected chi connectivity index (χ1v) is 10.8. The summed E-state index contributed by atoms with van der Waals surface area (Å²) in [7, 11) is -3.44. The van der Waals surface area contributed by atoms with Crippen LogP contribution in [0.3, 0.4) is 0 Å². The number of esters is 1. The van der Waals surface area contributed by atoms with Crippen LogP contribution in [0.2, 0.25) is 5.02 Å². The number of rotatable bonds is 4. The minimum Gasteiger partial charge on any atom is -0.457 e. The Kier molecular flexibility index (Phi) is 6.07. The lowest BCUT2D eigenvalue weighted by Crippen LogP contribution is -2.14. The maximum atomic E-state index is 12.5. The van der Waals surface area contributed by atoms with Gasteiger partial charge in [0.2, 0.25) is 0 Å². The van der Waals surface area contributed by atoms with Gasteiger partial charge >= 0.3 is 5.97 Å². The highest BCUT2D eigenvalue weighted by Gasteiger charge is 2.19. The van der Waals surface area contributed by atoms with E-state index < -0.39 is 15.8 Å². The Morgan fingerprint density at radius 2 is 1.63 bits per heavy atom.